The average molecular weight is 169 g/mol. The van der Waals surface area contributed by atoms with Crippen molar-refractivity contribution in [2.24, 2.45) is 17.6 Å². The molecule has 0 bridgehead atoms. The lowest BCUT2D eigenvalue weighted by atomic mass is 9.60. The molecule has 0 heterocycles. The van der Waals surface area contributed by atoms with Gasteiger partial charge in [0.15, 0.2) is 0 Å². The van der Waals surface area contributed by atoms with Crippen molar-refractivity contribution in [2.75, 3.05) is 0 Å². The molecule has 0 aliphatic heterocycles. The van der Waals surface area contributed by atoms with Crippen LogP contribution in [-0.4, -0.2) is 11.3 Å². The first kappa shape index (κ1) is 9.72. The van der Waals surface area contributed by atoms with Gasteiger partial charge in [0.25, 0.3) is 0 Å². The number of nitrogens with two attached hydrogens (primary N) is 1. The van der Waals surface area contributed by atoms with Crippen molar-refractivity contribution < 1.29 is 4.79 Å². The van der Waals surface area contributed by atoms with Crippen LogP contribution in [0.4, 0.5) is 0 Å². The van der Waals surface area contributed by atoms with Gasteiger partial charge in [-0.15, -0.1) is 0 Å². The van der Waals surface area contributed by atoms with E-state index in [9.17, 15) is 4.79 Å². The highest BCUT2D eigenvalue weighted by molar-refractivity contribution is 5.76. The van der Waals surface area contributed by atoms with Crippen LogP contribution in [0.25, 0.3) is 0 Å². The van der Waals surface area contributed by atoms with E-state index in [1.807, 2.05) is 0 Å². The molecular weight excluding hydrogens is 150 g/mol. The summed E-state index contributed by atoms with van der Waals surface area (Å²) in [5.41, 5.74) is 6.14. The van der Waals surface area contributed by atoms with Crippen LogP contribution in [0.15, 0.2) is 0 Å². The van der Waals surface area contributed by atoms with Gasteiger partial charge in [0.1, 0.15) is 5.78 Å². The molecule has 0 saturated heterocycles. The highest BCUT2D eigenvalue weighted by Crippen LogP contribution is 2.43. The third-order valence-corrected chi connectivity index (χ3v) is 3.29. The van der Waals surface area contributed by atoms with Crippen molar-refractivity contribution in [2.45, 2.75) is 45.6 Å². The molecule has 2 heteroatoms. The molecule has 1 aliphatic carbocycles. The molecule has 1 fully saturated rings. The Morgan fingerprint density at radius 3 is 2.50 bits per heavy atom. The maximum Gasteiger partial charge on any atom is 0.130 e. The summed E-state index contributed by atoms with van der Waals surface area (Å²) in [4.78, 5) is 10.9. The van der Waals surface area contributed by atoms with Crippen LogP contribution in [0.1, 0.15) is 40.0 Å². The lowest BCUT2D eigenvalue weighted by molar-refractivity contribution is -0.120. The molecule has 2 N–H and O–H groups in total. The Morgan fingerprint density at radius 1 is 1.67 bits per heavy atom. The topological polar surface area (TPSA) is 43.1 Å². The zero-order valence-electron chi connectivity index (χ0n) is 8.26. The van der Waals surface area contributed by atoms with Gasteiger partial charge in [0.2, 0.25) is 0 Å². The van der Waals surface area contributed by atoms with Gasteiger partial charge in [-0.2, -0.15) is 0 Å². The predicted molar refractivity (Wildman–Crippen MR) is 49.8 cm³/mol. The van der Waals surface area contributed by atoms with E-state index in [0.29, 0.717) is 18.3 Å². The van der Waals surface area contributed by atoms with E-state index in [0.717, 1.165) is 12.8 Å². The summed E-state index contributed by atoms with van der Waals surface area (Å²) in [6.07, 6.45) is 2.89. The second kappa shape index (κ2) is 3.17. The summed E-state index contributed by atoms with van der Waals surface area (Å²) in [6, 6.07) is 0. The highest BCUT2D eigenvalue weighted by Gasteiger charge is 2.45. The Balaban J connectivity index is 2.53. The minimum absolute atomic E-state index is 0.0499. The van der Waals surface area contributed by atoms with Gasteiger partial charge >= 0.3 is 0 Å². The molecule has 0 aromatic heterocycles. The van der Waals surface area contributed by atoms with Crippen LogP contribution >= 0.6 is 0 Å². The molecule has 0 spiro atoms. The van der Waals surface area contributed by atoms with Gasteiger partial charge < -0.3 is 10.5 Å². The van der Waals surface area contributed by atoms with E-state index in [2.05, 4.69) is 13.8 Å². The van der Waals surface area contributed by atoms with Crippen molar-refractivity contribution in [1.29, 1.82) is 0 Å². The smallest absolute Gasteiger partial charge is 0.130 e. The summed E-state index contributed by atoms with van der Waals surface area (Å²) in [6.45, 7) is 5.94. The third-order valence-electron chi connectivity index (χ3n) is 3.29. The summed E-state index contributed by atoms with van der Waals surface area (Å²) < 4.78 is 0. The quantitative estimate of drug-likeness (QED) is 0.699. The van der Waals surface area contributed by atoms with E-state index in [-0.39, 0.29) is 11.3 Å². The summed E-state index contributed by atoms with van der Waals surface area (Å²) in [5.74, 6) is 1.21. The fourth-order valence-corrected chi connectivity index (χ4v) is 2.08. The largest absolute Gasteiger partial charge is 0.325 e. The SMILES string of the molecule is CC(=O)CC1CCC1(N)C(C)C. The Labute approximate surface area is 74.5 Å². The van der Waals surface area contributed by atoms with Gasteiger partial charge in [-0.1, -0.05) is 13.8 Å². The molecule has 1 rings (SSSR count). The second-order valence-electron chi connectivity index (χ2n) is 4.41. The van der Waals surface area contributed by atoms with E-state index in [4.69, 9.17) is 5.73 Å². The predicted octanol–water partition coefficient (Wildman–Crippen LogP) is 1.73. The van der Waals surface area contributed by atoms with Crippen molar-refractivity contribution in [1.82, 2.24) is 0 Å². The van der Waals surface area contributed by atoms with Gasteiger partial charge in [-0.25, -0.2) is 0 Å². The highest BCUT2D eigenvalue weighted by atomic mass is 16.1. The van der Waals surface area contributed by atoms with Gasteiger partial charge in [-0.3, -0.25) is 0 Å². The fraction of sp³-hybridized carbons (Fsp3) is 0.900. The fourth-order valence-electron chi connectivity index (χ4n) is 2.08. The number of ketones is 1. The third kappa shape index (κ3) is 1.53. The second-order valence-corrected chi connectivity index (χ2v) is 4.41. The van der Waals surface area contributed by atoms with E-state index in [1.165, 1.54) is 0 Å². The van der Waals surface area contributed by atoms with Crippen molar-refractivity contribution in [3.63, 3.8) is 0 Å². The minimum Gasteiger partial charge on any atom is -0.325 e. The molecule has 0 aromatic rings. The van der Waals surface area contributed by atoms with Crippen molar-refractivity contribution in [3.05, 3.63) is 0 Å². The Kier molecular flexibility index (Phi) is 2.57. The van der Waals surface area contributed by atoms with E-state index >= 15 is 0 Å². The Morgan fingerprint density at radius 2 is 2.25 bits per heavy atom. The van der Waals surface area contributed by atoms with Gasteiger partial charge in [0, 0.05) is 12.0 Å². The molecular formula is C10H19NO. The standard InChI is InChI=1S/C10H19NO/c1-7(2)10(11)5-4-9(10)6-8(3)12/h7,9H,4-6,11H2,1-3H3. The zero-order valence-corrected chi connectivity index (χ0v) is 8.26. The summed E-state index contributed by atoms with van der Waals surface area (Å²) in [5, 5.41) is 0. The van der Waals surface area contributed by atoms with Crippen LogP contribution in [-0.2, 0) is 4.79 Å². The van der Waals surface area contributed by atoms with Crippen LogP contribution in [0, 0.1) is 11.8 Å². The summed E-state index contributed by atoms with van der Waals surface area (Å²) >= 11 is 0. The van der Waals surface area contributed by atoms with Crippen LogP contribution in [0.2, 0.25) is 0 Å². The maximum atomic E-state index is 10.9. The number of carbonyl (C=O) groups is 1. The van der Waals surface area contributed by atoms with Gasteiger partial charge in [0.05, 0.1) is 0 Å². The zero-order chi connectivity index (χ0) is 9.35. The van der Waals surface area contributed by atoms with E-state index < -0.39 is 0 Å². The molecule has 0 radical (unpaired) electrons. The first-order chi connectivity index (χ1) is 5.47. The minimum atomic E-state index is -0.0499. The molecule has 1 aliphatic rings. The summed E-state index contributed by atoms with van der Waals surface area (Å²) in [7, 11) is 0. The van der Waals surface area contributed by atoms with E-state index in [1.54, 1.807) is 6.92 Å². The molecule has 0 aromatic carbocycles. The lowest BCUT2D eigenvalue weighted by Crippen LogP contribution is -2.59. The Bertz CT molecular complexity index is 188. The van der Waals surface area contributed by atoms with Crippen molar-refractivity contribution >= 4 is 5.78 Å². The normalized spacial score (nSPS) is 34.9. The first-order valence-electron chi connectivity index (χ1n) is 4.75. The monoisotopic (exact) mass is 169 g/mol. The van der Waals surface area contributed by atoms with Crippen LogP contribution < -0.4 is 5.73 Å². The molecule has 12 heavy (non-hydrogen) atoms. The molecule has 70 valence electrons. The first-order valence-corrected chi connectivity index (χ1v) is 4.75. The van der Waals surface area contributed by atoms with Crippen LogP contribution in [0.5, 0.6) is 0 Å². The molecule has 2 atom stereocenters. The number of carbonyl (C=O) groups excluding carboxylic acids is 1. The molecule has 1 saturated carbocycles. The molecule has 2 unspecified atom stereocenters. The average Bonchev–Trinajstić information content (AvgIpc) is 1.96. The number of Topliss-reactive ketones (excluding diaryl/α,β-unsaturated/α-hetero) is 1. The lowest BCUT2D eigenvalue weighted by Gasteiger charge is -2.49. The Hall–Kier alpha value is -0.370. The molecule has 0 amide bonds. The molecule has 2 nitrogen and oxygen atoms in total. The van der Waals surface area contributed by atoms with Crippen LogP contribution in [0.3, 0.4) is 0 Å². The number of hydrogen-bond acceptors (Lipinski definition) is 2. The van der Waals surface area contributed by atoms with Gasteiger partial charge in [-0.05, 0) is 31.6 Å². The van der Waals surface area contributed by atoms with Crippen molar-refractivity contribution in [3.8, 4) is 0 Å². The number of hydrogen-bond donors (Lipinski definition) is 1. The number of rotatable bonds is 3. The maximum absolute atomic E-state index is 10.9.